The fourth-order valence-electron chi connectivity index (χ4n) is 9.84. The number of pyridine rings is 1. The zero-order valence-electron chi connectivity index (χ0n) is 45.7. The van der Waals surface area contributed by atoms with Gasteiger partial charge < -0.3 is 18.4 Å². The van der Waals surface area contributed by atoms with Crippen molar-refractivity contribution in [3.63, 3.8) is 0 Å². The summed E-state index contributed by atoms with van der Waals surface area (Å²) in [4.78, 5) is 14.4. The van der Waals surface area contributed by atoms with Gasteiger partial charge in [0.05, 0.1) is 30.5 Å². The average molecular weight is 1170 g/mol. The predicted molar refractivity (Wildman–Crippen MR) is 299 cm³/mol. The first kappa shape index (κ1) is 46.7. The molecule has 1 radical (unpaired) electrons. The molecule has 74 heavy (non-hydrogen) atoms. The van der Waals surface area contributed by atoms with Crippen LogP contribution in [0.15, 0.2) is 155 Å². The summed E-state index contributed by atoms with van der Waals surface area (Å²) in [7, 11) is -1.30. The van der Waals surface area contributed by atoms with Crippen molar-refractivity contribution in [2.24, 2.45) is 0 Å². The van der Waals surface area contributed by atoms with Crippen LogP contribution in [0, 0.1) is 24.8 Å². The Kier molecular flexibility index (Phi) is 12.2. The van der Waals surface area contributed by atoms with E-state index in [0.29, 0.717) is 44.4 Å². The van der Waals surface area contributed by atoms with Gasteiger partial charge in [-0.05, 0) is 117 Å². The molecule has 0 amide bonds. The van der Waals surface area contributed by atoms with E-state index in [1.807, 2.05) is 18.3 Å². The second kappa shape index (κ2) is 19.3. The summed E-state index contributed by atoms with van der Waals surface area (Å²) in [6.45, 7) is 16.0. The standard InChI is InChI=1S/C50H41FN3O2.C14H15FNSi.Ir/c1-27(2)37-23-33(30-13-9-8-10-14-30)24-38(28(3)4)45(37)54-41-26-39-32(19-18-31-15-11-12-16-34(31)39)25-40(41)52-48(54)36-20-17-29(5)43-35-21-22-42-44(47(35)56-46(36)43)53-49(55-42)50(6,7)51;1-17(2,3)13-8-9-14(16-10-13)11-4-6-12(15)7-5-11;/h8-19,21-28H,1-7H3;4,6-10H,1-3H3;/q2*-1;/i5D3;;. The van der Waals surface area contributed by atoms with Crippen LogP contribution in [0.25, 0.3) is 105 Å². The number of hydrogen-bond donors (Lipinski definition) is 0. The summed E-state index contributed by atoms with van der Waals surface area (Å²) >= 11 is 0. The molecule has 6 nitrogen and oxygen atoms in total. The normalized spacial score (nSPS) is 13.0. The van der Waals surface area contributed by atoms with Crippen molar-refractivity contribution in [2.45, 2.75) is 85.5 Å². The molecule has 0 bridgehead atoms. The summed E-state index contributed by atoms with van der Waals surface area (Å²) < 4.78 is 68.7. The Hall–Kier alpha value is -7.10. The van der Waals surface area contributed by atoms with Crippen molar-refractivity contribution in [1.29, 1.82) is 0 Å². The number of aromatic nitrogens is 4. The molecule has 0 spiro atoms. The maximum Gasteiger partial charge on any atom is 0.232 e. The van der Waals surface area contributed by atoms with E-state index in [0.717, 1.165) is 71.8 Å². The minimum absolute atomic E-state index is 0. The van der Waals surface area contributed by atoms with Crippen LogP contribution in [-0.2, 0) is 25.8 Å². The van der Waals surface area contributed by atoms with E-state index in [2.05, 4.69) is 165 Å². The van der Waals surface area contributed by atoms with Crippen LogP contribution in [-0.4, -0.2) is 27.6 Å². The number of imidazole rings is 1. The summed E-state index contributed by atoms with van der Waals surface area (Å²) in [6, 6.07) is 51.9. The van der Waals surface area contributed by atoms with E-state index in [9.17, 15) is 4.39 Å². The Morgan fingerprint density at radius 1 is 0.703 bits per heavy atom. The number of hydrogen-bond acceptors (Lipinski definition) is 5. The maximum atomic E-state index is 15.2. The molecule has 10 heteroatoms. The first-order chi connectivity index (χ1) is 36.1. The third-order valence-corrected chi connectivity index (χ3v) is 15.8. The Bertz CT molecular complexity index is 4160. The third-order valence-electron chi connectivity index (χ3n) is 13.7. The van der Waals surface area contributed by atoms with Crippen LogP contribution in [0.2, 0.25) is 19.6 Å². The smallest absolute Gasteiger partial charge is 0.232 e. The van der Waals surface area contributed by atoms with Crippen molar-refractivity contribution >= 4 is 78.9 Å². The van der Waals surface area contributed by atoms with Crippen LogP contribution in [0.1, 0.15) is 80.1 Å². The van der Waals surface area contributed by atoms with Gasteiger partial charge >= 0.3 is 0 Å². The molecule has 0 unspecified atom stereocenters. The summed E-state index contributed by atoms with van der Waals surface area (Å²) in [6.07, 6.45) is 1.93. The van der Waals surface area contributed by atoms with Crippen molar-refractivity contribution in [3.8, 4) is 39.5 Å². The molecule has 0 atom stereocenters. The molecule has 0 N–H and O–H groups in total. The number of aryl methyl sites for hydroxylation is 1. The molecule has 0 aliphatic carbocycles. The molecular formula is C64H56F2IrN4O2Si-2. The zero-order chi connectivity index (χ0) is 53.6. The third kappa shape index (κ3) is 9.07. The van der Waals surface area contributed by atoms with Gasteiger partial charge in [0.25, 0.3) is 0 Å². The second-order valence-corrected chi connectivity index (χ2v) is 26.1. The van der Waals surface area contributed by atoms with Crippen LogP contribution in [0.5, 0.6) is 0 Å². The number of nitrogens with zero attached hydrogens (tertiary/aromatic N) is 4. The molecule has 0 aliphatic heterocycles. The van der Waals surface area contributed by atoms with Gasteiger partial charge in [-0.2, -0.15) is 0 Å². The van der Waals surface area contributed by atoms with Crippen molar-refractivity contribution in [1.82, 2.24) is 19.5 Å². The van der Waals surface area contributed by atoms with Gasteiger partial charge in [0.1, 0.15) is 0 Å². The summed E-state index contributed by atoms with van der Waals surface area (Å²) in [5.41, 5.74) is 8.87. The average Bonchev–Trinajstić information content (AvgIpc) is 4.24. The second-order valence-electron chi connectivity index (χ2n) is 21.1. The number of oxazole rings is 1. The molecule has 373 valence electrons. The fraction of sp³-hybridized carbons (Fsp3) is 0.203. The Labute approximate surface area is 449 Å². The van der Waals surface area contributed by atoms with Crippen molar-refractivity contribution < 1.29 is 41.8 Å². The molecule has 8 aromatic carbocycles. The number of benzene rings is 8. The van der Waals surface area contributed by atoms with Crippen LogP contribution >= 0.6 is 0 Å². The first-order valence-electron chi connectivity index (χ1n) is 26.3. The fourth-order valence-corrected chi connectivity index (χ4v) is 10.9. The molecule has 0 fully saturated rings. The molecule has 0 saturated heterocycles. The van der Waals surface area contributed by atoms with Crippen LogP contribution < -0.4 is 5.19 Å². The van der Waals surface area contributed by atoms with Gasteiger partial charge in [-0.1, -0.05) is 144 Å². The van der Waals surface area contributed by atoms with E-state index in [1.54, 1.807) is 24.3 Å². The van der Waals surface area contributed by atoms with Gasteiger partial charge in [0.15, 0.2) is 22.4 Å². The van der Waals surface area contributed by atoms with Gasteiger partial charge in [-0.25, -0.2) is 9.37 Å². The van der Waals surface area contributed by atoms with Gasteiger partial charge in [0, 0.05) is 47.3 Å². The Morgan fingerprint density at radius 2 is 1.43 bits per heavy atom. The number of rotatable bonds is 8. The minimum Gasteiger partial charge on any atom is -0.498 e. The molecule has 0 saturated carbocycles. The Morgan fingerprint density at radius 3 is 2.09 bits per heavy atom. The van der Waals surface area contributed by atoms with Gasteiger partial charge in [-0.3, -0.25) is 9.37 Å². The summed E-state index contributed by atoms with van der Waals surface area (Å²) in [5, 5.41) is 6.68. The molecule has 0 aliphatic rings. The SMILES string of the molecule is C[Si](C)(C)c1ccc(-c2[c-]cc(F)cc2)nc1.[2H]C([2H])([2H])c1c[c-]c(-c2nc3cc4ccc5ccccc5c4cc3n2-c2c(C(C)C)cc(-c3ccccc3)cc2C(C)C)c2oc3c(ccc4oc(C(C)(C)F)nc43)c12.[Ir]. The topological polar surface area (TPSA) is 69.9 Å². The number of halogens is 2. The predicted octanol–water partition coefficient (Wildman–Crippen LogP) is 17.5. The van der Waals surface area contributed by atoms with E-state index in [4.69, 9.17) is 17.9 Å². The Balaban J connectivity index is 0.000000319. The molecule has 12 rings (SSSR count). The molecule has 4 aromatic heterocycles. The number of alkyl halides is 1. The molecule has 12 aromatic rings. The summed E-state index contributed by atoms with van der Waals surface area (Å²) in [5.74, 6) is 0.415. The van der Waals surface area contributed by atoms with E-state index in [1.165, 1.54) is 31.2 Å². The van der Waals surface area contributed by atoms with Crippen LogP contribution in [0.4, 0.5) is 8.78 Å². The van der Waals surface area contributed by atoms with Gasteiger partial charge in [0.2, 0.25) is 5.89 Å². The monoisotopic (exact) mass is 1170 g/mol. The van der Waals surface area contributed by atoms with E-state index in [-0.39, 0.29) is 49.2 Å². The van der Waals surface area contributed by atoms with E-state index >= 15 is 4.39 Å². The van der Waals surface area contributed by atoms with Gasteiger partial charge in [-0.15, -0.1) is 47.5 Å². The molecule has 4 heterocycles. The largest absolute Gasteiger partial charge is 0.498 e. The van der Waals surface area contributed by atoms with Crippen molar-refractivity contribution in [3.05, 3.63) is 186 Å². The first-order valence-corrected chi connectivity index (χ1v) is 28.3. The number of furan rings is 1. The minimum atomic E-state index is -2.50. The quantitative estimate of drug-likeness (QED) is 0.0861. The number of fused-ring (bicyclic) bond motifs is 9. The maximum absolute atomic E-state index is 15.2. The molecular weight excluding hydrogens is 1120 g/mol. The van der Waals surface area contributed by atoms with Crippen molar-refractivity contribution in [2.75, 3.05) is 0 Å². The zero-order valence-corrected chi connectivity index (χ0v) is 46.1. The van der Waals surface area contributed by atoms with E-state index < -0.39 is 20.6 Å². The van der Waals surface area contributed by atoms with Crippen LogP contribution in [0.3, 0.4) is 0 Å².